The van der Waals surface area contributed by atoms with Crippen LogP contribution in [0, 0.1) is 21.7 Å². The number of rotatable bonds is 7. The zero-order valence-corrected chi connectivity index (χ0v) is 23.1. The first-order chi connectivity index (χ1) is 20.0. The van der Waals surface area contributed by atoms with Crippen LogP contribution in [-0.2, 0) is 21.5 Å². The number of Topliss-reactive ketones (excluding diaryl/α,β-unsaturated/α-hetero) is 1. The molecule has 9 nitrogen and oxygen atoms in total. The van der Waals surface area contributed by atoms with Crippen LogP contribution in [0.2, 0.25) is 0 Å². The molecule has 11 heteroatoms. The number of hydrogen-bond acceptors (Lipinski definition) is 7. The Hall–Kier alpha value is -5.06. The Morgan fingerprint density at radius 3 is 2.62 bits per heavy atom. The number of nitro groups is 1. The molecule has 0 fully saturated rings. The van der Waals surface area contributed by atoms with Crippen LogP contribution in [0.25, 0.3) is 5.57 Å². The minimum atomic E-state index is -1.04. The zero-order chi connectivity index (χ0) is 30.2. The SMILES string of the molecule is COc1cc(C2=CC3=C(CNc4ccc(C(C)(C)C(=O)NCc5cc(F)ccc5F)cc4N3)C(=O)C2)ccc1[N+](=O)[O-]. The van der Waals surface area contributed by atoms with Gasteiger partial charge in [0.25, 0.3) is 0 Å². The van der Waals surface area contributed by atoms with E-state index in [1.807, 2.05) is 18.2 Å². The third-order valence-electron chi connectivity index (χ3n) is 7.56. The lowest BCUT2D eigenvalue weighted by atomic mass is 9.83. The van der Waals surface area contributed by atoms with Crippen molar-refractivity contribution >= 4 is 34.3 Å². The van der Waals surface area contributed by atoms with Crippen LogP contribution in [0.3, 0.4) is 0 Å². The molecule has 3 aromatic carbocycles. The number of amides is 1. The smallest absolute Gasteiger partial charge is 0.310 e. The predicted octanol–water partition coefficient (Wildman–Crippen LogP) is 5.62. The molecule has 0 radical (unpaired) electrons. The summed E-state index contributed by atoms with van der Waals surface area (Å²) in [4.78, 5) is 37.1. The summed E-state index contributed by atoms with van der Waals surface area (Å²) in [7, 11) is 1.35. The predicted molar refractivity (Wildman–Crippen MR) is 154 cm³/mol. The van der Waals surface area contributed by atoms with Gasteiger partial charge in [-0.1, -0.05) is 6.07 Å². The zero-order valence-electron chi connectivity index (χ0n) is 23.1. The summed E-state index contributed by atoms with van der Waals surface area (Å²) in [6.45, 7) is 3.57. The maximum atomic E-state index is 14.1. The molecule has 1 aliphatic carbocycles. The lowest BCUT2D eigenvalue weighted by molar-refractivity contribution is -0.385. The standard InChI is InChI=1S/C31H28F2N4O5/c1-31(2,30(39)35-15-19-10-21(32)6-7-23(19)33)20-5-8-24-26(14-20)36-25-11-18(12-28(38)22(25)16-34-24)17-4-9-27(37(40)41)29(13-17)42-3/h4-11,13-14,34,36H,12,15-16H2,1-3H3,(H,35,39). The number of allylic oxidation sites excluding steroid dienone is 2. The number of nitro benzene ring substituents is 1. The van der Waals surface area contributed by atoms with Crippen LogP contribution in [0.4, 0.5) is 25.8 Å². The second-order valence-electron chi connectivity index (χ2n) is 10.6. The van der Waals surface area contributed by atoms with Crippen molar-refractivity contribution in [3.05, 3.63) is 110 Å². The lowest BCUT2D eigenvalue weighted by Gasteiger charge is -2.26. The van der Waals surface area contributed by atoms with Gasteiger partial charge < -0.3 is 20.7 Å². The van der Waals surface area contributed by atoms with Crippen LogP contribution < -0.4 is 20.7 Å². The number of carbonyl (C=O) groups is 2. The van der Waals surface area contributed by atoms with Gasteiger partial charge in [0.1, 0.15) is 11.6 Å². The molecule has 1 aliphatic heterocycles. The third-order valence-corrected chi connectivity index (χ3v) is 7.56. The highest BCUT2D eigenvalue weighted by molar-refractivity contribution is 6.07. The maximum absolute atomic E-state index is 14.1. The Balaban J connectivity index is 1.41. The number of carbonyl (C=O) groups excluding carboxylic acids is 2. The fourth-order valence-electron chi connectivity index (χ4n) is 4.99. The molecule has 0 saturated heterocycles. The molecule has 0 spiro atoms. The molecule has 3 N–H and O–H groups in total. The highest BCUT2D eigenvalue weighted by Gasteiger charge is 2.32. The molecule has 0 aromatic heterocycles. The summed E-state index contributed by atoms with van der Waals surface area (Å²) in [6.07, 6.45) is 1.95. The highest BCUT2D eigenvalue weighted by atomic mass is 19.1. The largest absolute Gasteiger partial charge is 0.490 e. The fourth-order valence-corrected chi connectivity index (χ4v) is 4.99. The number of ketones is 1. The van der Waals surface area contributed by atoms with E-state index in [1.165, 1.54) is 13.2 Å². The third kappa shape index (κ3) is 5.45. The van der Waals surface area contributed by atoms with Crippen molar-refractivity contribution in [2.24, 2.45) is 0 Å². The number of benzene rings is 3. The number of nitrogens with one attached hydrogen (secondary N) is 3. The van der Waals surface area contributed by atoms with Gasteiger partial charge in [0.2, 0.25) is 5.91 Å². The van der Waals surface area contributed by atoms with E-state index < -0.39 is 22.0 Å². The first-order valence-electron chi connectivity index (χ1n) is 13.2. The quantitative estimate of drug-likeness (QED) is 0.247. The summed E-state index contributed by atoms with van der Waals surface area (Å²) in [5, 5.41) is 20.6. The van der Waals surface area contributed by atoms with E-state index in [0.717, 1.165) is 23.9 Å². The maximum Gasteiger partial charge on any atom is 0.310 e. The molecule has 216 valence electrons. The second kappa shape index (κ2) is 11.1. The van der Waals surface area contributed by atoms with Gasteiger partial charge >= 0.3 is 5.69 Å². The molecule has 0 unspecified atom stereocenters. The number of methoxy groups -OCH3 is 1. The first kappa shape index (κ1) is 28.5. The topological polar surface area (TPSA) is 123 Å². The first-order valence-corrected chi connectivity index (χ1v) is 13.2. The Bertz CT molecular complexity index is 1700. The van der Waals surface area contributed by atoms with Gasteiger partial charge in [-0.05, 0) is 79.1 Å². The fraction of sp³-hybridized carbons (Fsp3) is 0.226. The van der Waals surface area contributed by atoms with E-state index in [9.17, 15) is 28.5 Å². The van der Waals surface area contributed by atoms with Crippen molar-refractivity contribution < 1.29 is 28.0 Å². The summed E-state index contributed by atoms with van der Waals surface area (Å²) < 4.78 is 32.8. The van der Waals surface area contributed by atoms with E-state index >= 15 is 0 Å². The summed E-state index contributed by atoms with van der Waals surface area (Å²) in [5.74, 6) is -1.59. The van der Waals surface area contributed by atoms with Gasteiger partial charge in [0.15, 0.2) is 11.5 Å². The highest BCUT2D eigenvalue weighted by Crippen LogP contribution is 2.38. The van der Waals surface area contributed by atoms with E-state index in [0.29, 0.717) is 33.7 Å². The molecule has 1 heterocycles. The van der Waals surface area contributed by atoms with E-state index in [1.54, 1.807) is 32.0 Å². The molecule has 42 heavy (non-hydrogen) atoms. The Morgan fingerprint density at radius 1 is 1.10 bits per heavy atom. The van der Waals surface area contributed by atoms with Gasteiger partial charge in [-0.15, -0.1) is 0 Å². The van der Waals surface area contributed by atoms with Gasteiger partial charge in [0.05, 0.1) is 28.8 Å². The Labute approximate surface area is 240 Å². The van der Waals surface area contributed by atoms with Crippen molar-refractivity contribution in [1.82, 2.24) is 5.32 Å². The molecular weight excluding hydrogens is 546 g/mol. The van der Waals surface area contributed by atoms with Crippen molar-refractivity contribution in [2.45, 2.75) is 32.2 Å². The molecule has 5 rings (SSSR count). The minimum absolute atomic E-state index is 0.0432. The average Bonchev–Trinajstić information content (AvgIpc) is 3.16. The molecule has 1 amide bonds. The van der Waals surface area contributed by atoms with Crippen LogP contribution in [0.15, 0.2) is 71.9 Å². The molecule has 3 aromatic rings. The summed E-state index contributed by atoms with van der Waals surface area (Å²) in [5.41, 5.74) is 3.28. The van der Waals surface area contributed by atoms with E-state index in [4.69, 9.17) is 4.74 Å². The number of anilines is 2. The number of nitrogens with zero attached hydrogens (tertiary/aromatic N) is 1. The van der Waals surface area contributed by atoms with Gasteiger partial charge in [-0.3, -0.25) is 19.7 Å². The Morgan fingerprint density at radius 2 is 1.88 bits per heavy atom. The molecule has 0 bridgehead atoms. The van der Waals surface area contributed by atoms with Crippen molar-refractivity contribution in [2.75, 3.05) is 24.3 Å². The summed E-state index contributed by atoms with van der Waals surface area (Å²) in [6, 6.07) is 13.0. The van der Waals surface area contributed by atoms with Crippen LogP contribution >= 0.6 is 0 Å². The lowest BCUT2D eigenvalue weighted by Crippen LogP contribution is -2.39. The normalized spacial score (nSPS) is 14.5. The van der Waals surface area contributed by atoms with E-state index in [2.05, 4.69) is 16.0 Å². The molecular formula is C31H28F2N4O5. The summed E-state index contributed by atoms with van der Waals surface area (Å²) >= 11 is 0. The van der Waals surface area contributed by atoms with Crippen LogP contribution in [0.5, 0.6) is 5.75 Å². The molecule has 0 saturated carbocycles. The average molecular weight is 575 g/mol. The number of fused-ring (bicyclic) bond motifs is 1. The van der Waals surface area contributed by atoms with Crippen LogP contribution in [0.1, 0.15) is 37.0 Å². The van der Waals surface area contributed by atoms with Crippen molar-refractivity contribution in [3.63, 3.8) is 0 Å². The minimum Gasteiger partial charge on any atom is -0.490 e. The van der Waals surface area contributed by atoms with Crippen molar-refractivity contribution in [3.8, 4) is 5.75 Å². The van der Waals surface area contributed by atoms with Crippen molar-refractivity contribution in [1.29, 1.82) is 0 Å². The molecule has 2 aliphatic rings. The van der Waals surface area contributed by atoms with E-state index in [-0.39, 0.29) is 48.2 Å². The molecule has 0 atom stereocenters. The second-order valence-corrected chi connectivity index (χ2v) is 10.6. The number of halogens is 2. The Kier molecular flexibility index (Phi) is 7.51. The monoisotopic (exact) mass is 574 g/mol. The van der Waals surface area contributed by atoms with Gasteiger partial charge in [-0.2, -0.15) is 0 Å². The number of hydrogen-bond donors (Lipinski definition) is 3. The van der Waals surface area contributed by atoms with Gasteiger partial charge in [-0.25, -0.2) is 8.78 Å². The number of ether oxygens (including phenoxy) is 1. The van der Waals surface area contributed by atoms with Gasteiger partial charge in [0, 0.05) is 42.4 Å². The van der Waals surface area contributed by atoms with Crippen LogP contribution in [-0.4, -0.2) is 30.3 Å².